The normalized spacial score (nSPS) is 10.2. The van der Waals surface area contributed by atoms with Crippen LogP contribution in [0.1, 0.15) is 11.1 Å². The molecule has 0 heterocycles. The van der Waals surface area contributed by atoms with Gasteiger partial charge in [-0.25, -0.2) is 0 Å². The van der Waals surface area contributed by atoms with Crippen molar-refractivity contribution in [3.63, 3.8) is 0 Å². The number of rotatable bonds is 5. The molecule has 88 valence electrons. The maximum absolute atomic E-state index is 5.75. The van der Waals surface area contributed by atoms with Gasteiger partial charge >= 0.3 is 0 Å². The summed E-state index contributed by atoms with van der Waals surface area (Å²) in [5.74, 6) is 0.909. The van der Waals surface area contributed by atoms with Crippen LogP contribution in [0, 0.1) is 0 Å². The fourth-order valence-corrected chi connectivity index (χ4v) is 1.74. The van der Waals surface area contributed by atoms with Gasteiger partial charge < -0.3 is 10.1 Å². The minimum atomic E-state index is 0.613. The molecule has 0 aliphatic heterocycles. The molecule has 0 atom stereocenters. The van der Waals surface area contributed by atoms with Crippen LogP contribution < -0.4 is 10.1 Å². The summed E-state index contributed by atoms with van der Waals surface area (Å²) in [4.78, 5) is 0. The number of ether oxygens (including phenoxy) is 1. The lowest BCUT2D eigenvalue weighted by Crippen LogP contribution is -2.09. The number of hydrogen-bond donors (Lipinski definition) is 1. The molecule has 17 heavy (non-hydrogen) atoms. The first-order valence-electron chi connectivity index (χ1n) is 5.79. The van der Waals surface area contributed by atoms with E-state index in [9.17, 15) is 0 Å². The van der Waals surface area contributed by atoms with Gasteiger partial charge in [0.2, 0.25) is 0 Å². The fourth-order valence-electron chi connectivity index (χ4n) is 1.74. The van der Waals surface area contributed by atoms with Gasteiger partial charge in [-0.05, 0) is 30.3 Å². The van der Waals surface area contributed by atoms with Crippen molar-refractivity contribution < 1.29 is 4.74 Å². The Morgan fingerprint density at radius 1 is 0.882 bits per heavy atom. The molecule has 0 aliphatic rings. The van der Waals surface area contributed by atoms with E-state index in [0.29, 0.717) is 6.61 Å². The molecule has 0 fully saturated rings. The lowest BCUT2D eigenvalue weighted by atomic mass is 10.1. The summed E-state index contributed by atoms with van der Waals surface area (Å²) in [6.45, 7) is 1.48. The van der Waals surface area contributed by atoms with Gasteiger partial charge in [0.05, 0.1) is 0 Å². The molecule has 0 bridgehead atoms. The van der Waals surface area contributed by atoms with Crippen molar-refractivity contribution >= 4 is 0 Å². The molecule has 0 spiro atoms. The summed E-state index contributed by atoms with van der Waals surface area (Å²) in [7, 11) is 1.95. The Kier molecular flexibility index (Phi) is 4.17. The largest absolute Gasteiger partial charge is 0.489 e. The van der Waals surface area contributed by atoms with Crippen LogP contribution in [0.25, 0.3) is 0 Å². The zero-order valence-electron chi connectivity index (χ0n) is 10.0. The lowest BCUT2D eigenvalue weighted by Gasteiger charge is -2.10. The summed E-state index contributed by atoms with van der Waals surface area (Å²) >= 11 is 0. The van der Waals surface area contributed by atoms with Crippen LogP contribution in [0.3, 0.4) is 0 Å². The van der Waals surface area contributed by atoms with Gasteiger partial charge in [-0.2, -0.15) is 0 Å². The molecule has 1 N–H and O–H groups in total. The van der Waals surface area contributed by atoms with Crippen LogP contribution in [0.4, 0.5) is 0 Å². The third-order valence-electron chi connectivity index (χ3n) is 2.62. The average Bonchev–Trinajstić information content (AvgIpc) is 2.39. The van der Waals surface area contributed by atoms with Gasteiger partial charge in [0.1, 0.15) is 12.4 Å². The standard InChI is InChI=1S/C15H17NO/c1-16-11-13-7-5-6-8-14(13)12-17-15-9-3-2-4-10-15/h2-10,16H,11-12H2,1H3. The van der Waals surface area contributed by atoms with E-state index >= 15 is 0 Å². The van der Waals surface area contributed by atoms with Gasteiger partial charge in [0, 0.05) is 6.54 Å². The SMILES string of the molecule is CNCc1ccccc1COc1ccccc1. The minimum absolute atomic E-state index is 0.613. The molecule has 2 nitrogen and oxygen atoms in total. The number of hydrogen-bond acceptors (Lipinski definition) is 2. The minimum Gasteiger partial charge on any atom is -0.489 e. The topological polar surface area (TPSA) is 21.3 Å². The first-order valence-corrected chi connectivity index (χ1v) is 5.79. The van der Waals surface area contributed by atoms with E-state index in [0.717, 1.165) is 12.3 Å². The van der Waals surface area contributed by atoms with Crippen LogP contribution >= 0.6 is 0 Å². The van der Waals surface area contributed by atoms with E-state index in [4.69, 9.17) is 4.74 Å². The van der Waals surface area contributed by atoms with E-state index < -0.39 is 0 Å². The Bertz CT molecular complexity index is 453. The summed E-state index contributed by atoms with van der Waals surface area (Å²) in [5, 5.41) is 3.17. The highest BCUT2D eigenvalue weighted by Crippen LogP contribution is 2.14. The Balaban J connectivity index is 2.03. The van der Waals surface area contributed by atoms with Crippen LogP contribution in [-0.4, -0.2) is 7.05 Å². The quantitative estimate of drug-likeness (QED) is 0.848. The molecule has 2 rings (SSSR count). The lowest BCUT2D eigenvalue weighted by molar-refractivity contribution is 0.305. The predicted octanol–water partition coefficient (Wildman–Crippen LogP) is 2.99. The van der Waals surface area contributed by atoms with Crippen molar-refractivity contribution in [3.8, 4) is 5.75 Å². The highest BCUT2D eigenvalue weighted by atomic mass is 16.5. The Labute approximate surface area is 102 Å². The average molecular weight is 227 g/mol. The van der Waals surface area contributed by atoms with Crippen molar-refractivity contribution in [2.75, 3.05) is 7.05 Å². The smallest absolute Gasteiger partial charge is 0.119 e. The molecule has 0 aromatic heterocycles. The molecular weight excluding hydrogens is 210 g/mol. The van der Waals surface area contributed by atoms with Crippen molar-refractivity contribution in [1.29, 1.82) is 0 Å². The third-order valence-corrected chi connectivity index (χ3v) is 2.62. The molecular formula is C15H17NO. The fraction of sp³-hybridized carbons (Fsp3) is 0.200. The maximum atomic E-state index is 5.75. The molecule has 0 unspecified atom stereocenters. The second kappa shape index (κ2) is 6.06. The zero-order chi connectivity index (χ0) is 11.9. The molecule has 0 radical (unpaired) electrons. The van der Waals surface area contributed by atoms with E-state index in [1.54, 1.807) is 0 Å². The third kappa shape index (κ3) is 3.33. The van der Waals surface area contributed by atoms with E-state index in [-0.39, 0.29) is 0 Å². The van der Waals surface area contributed by atoms with Gasteiger partial charge in [0.15, 0.2) is 0 Å². The molecule has 0 amide bonds. The van der Waals surface area contributed by atoms with Gasteiger partial charge in [-0.1, -0.05) is 42.5 Å². The van der Waals surface area contributed by atoms with Crippen LogP contribution in [-0.2, 0) is 13.2 Å². The Morgan fingerprint density at radius 2 is 1.53 bits per heavy atom. The van der Waals surface area contributed by atoms with Crippen molar-refractivity contribution in [2.24, 2.45) is 0 Å². The second-order valence-electron chi connectivity index (χ2n) is 3.90. The van der Waals surface area contributed by atoms with Gasteiger partial charge in [0.25, 0.3) is 0 Å². The zero-order valence-corrected chi connectivity index (χ0v) is 10.0. The Hall–Kier alpha value is -1.80. The van der Waals surface area contributed by atoms with E-state index in [1.807, 2.05) is 43.4 Å². The summed E-state index contributed by atoms with van der Waals surface area (Å²) < 4.78 is 5.75. The first kappa shape index (κ1) is 11.7. The summed E-state index contributed by atoms with van der Waals surface area (Å²) in [6, 6.07) is 18.2. The van der Waals surface area contributed by atoms with Crippen molar-refractivity contribution in [1.82, 2.24) is 5.32 Å². The summed E-state index contributed by atoms with van der Waals surface area (Å²) in [6.07, 6.45) is 0. The molecule has 2 aromatic rings. The Morgan fingerprint density at radius 3 is 2.24 bits per heavy atom. The first-order chi connectivity index (χ1) is 8.40. The second-order valence-corrected chi connectivity index (χ2v) is 3.90. The summed E-state index contributed by atoms with van der Waals surface area (Å²) in [5.41, 5.74) is 2.51. The highest BCUT2D eigenvalue weighted by Gasteiger charge is 2.01. The molecule has 2 aromatic carbocycles. The van der Waals surface area contributed by atoms with E-state index in [2.05, 4.69) is 23.5 Å². The maximum Gasteiger partial charge on any atom is 0.119 e. The predicted molar refractivity (Wildman–Crippen MR) is 70.0 cm³/mol. The molecule has 0 saturated carbocycles. The number of para-hydroxylation sites is 1. The number of benzene rings is 2. The van der Waals surface area contributed by atoms with Crippen LogP contribution in [0.15, 0.2) is 54.6 Å². The van der Waals surface area contributed by atoms with E-state index in [1.165, 1.54) is 11.1 Å². The van der Waals surface area contributed by atoms with Crippen LogP contribution in [0.2, 0.25) is 0 Å². The van der Waals surface area contributed by atoms with Gasteiger partial charge in [-0.3, -0.25) is 0 Å². The monoisotopic (exact) mass is 227 g/mol. The molecule has 0 aliphatic carbocycles. The van der Waals surface area contributed by atoms with Crippen molar-refractivity contribution in [3.05, 3.63) is 65.7 Å². The molecule has 2 heteroatoms. The van der Waals surface area contributed by atoms with Crippen molar-refractivity contribution in [2.45, 2.75) is 13.2 Å². The highest BCUT2D eigenvalue weighted by molar-refractivity contribution is 5.28. The van der Waals surface area contributed by atoms with Gasteiger partial charge in [-0.15, -0.1) is 0 Å². The molecule has 0 saturated heterocycles. The van der Waals surface area contributed by atoms with Crippen LogP contribution in [0.5, 0.6) is 5.75 Å². The number of nitrogens with one attached hydrogen (secondary N) is 1.